The first-order chi connectivity index (χ1) is 13.2. The van der Waals surface area contributed by atoms with Crippen LogP contribution in [0.4, 0.5) is 0 Å². The van der Waals surface area contributed by atoms with Crippen molar-refractivity contribution in [2.75, 3.05) is 20.3 Å². The topological polar surface area (TPSA) is 57.2 Å². The highest BCUT2D eigenvalue weighted by atomic mass is 28.4. The summed E-state index contributed by atoms with van der Waals surface area (Å²) in [5, 5.41) is 9.87. The van der Waals surface area contributed by atoms with Crippen LogP contribution in [0.25, 0.3) is 0 Å². The van der Waals surface area contributed by atoms with E-state index in [0.717, 1.165) is 19.4 Å². The summed E-state index contributed by atoms with van der Waals surface area (Å²) in [6.07, 6.45) is 1.85. The third-order valence-electron chi connectivity index (χ3n) is 7.07. The number of rotatable bonds is 10. The van der Waals surface area contributed by atoms with Gasteiger partial charge >= 0.3 is 0 Å². The predicted molar refractivity (Wildman–Crippen MR) is 122 cm³/mol. The maximum Gasteiger partial charge on any atom is 0.192 e. The molecule has 5 nitrogen and oxygen atoms in total. The summed E-state index contributed by atoms with van der Waals surface area (Å²) in [6, 6.07) is 0. The molecule has 0 unspecified atom stereocenters. The molecular weight excluding hydrogens is 384 g/mol. The molecule has 1 fully saturated rings. The van der Waals surface area contributed by atoms with Gasteiger partial charge in [0.2, 0.25) is 0 Å². The fraction of sp³-hybridized carbons (Fsp3) is 1.00. The Balaban J connectivity index is 3.18. The van der Waals surface area contributed by atoms with Gasteiger partial charge in [-0.2, -0.15) is 0 Å². The number of ether oxygens (including phenoxy) is 3. The molecule has 1 aliphatic rings. The van der Waals surface area contributed by atoms with Gasteiger partial charge in [0.1, 0.15) is 0 Å². The average Bonchev–Trinajstić information content (AvgIpc) is 2.59. The van der Waals surface area contributed by atoms with Crippen LogP contribution in [0.2, 0.25) is 18.1 Å². The van der Waals surface area contributed by atoms with Crippen molar-refractivity contribution in [2.45, 2.75) is 110 Å². The Morgan fingerprint density at radius 1 is 1.21 bits per heavy atom. The lowest BCUT2D eigenvalue weighted by atomic mass is 9.84. The Labute approximate surface area is 181 Å². The van der Waals surface area contributed by atoms with Crippen molar-refractivity contribution < 1.29 is 23.7 Å². The molecule has 1 rings (SSSR count). The van der Waals surface area contributed by atoms with E-state index in [-0.39, 0.29) is 41.8 Å². The number of hydrogen-bond donors (Lipinski definition) is 1. The minimum Gasteiger partial charge on any atom is -0.413 e. The second kappa shape index (κ2) is 10.6. The molecule has 0 aliphatic carbocycles. The minimum atomic E-state index is -1.99. The summed E-state index contributed by atoms with van der Waals surface area (Å²) in [6.45, 7) is 22.7. The third-order valence-corrected chi connectivity index (χ3v) is 11.6. The maximum absolute atomic E-state index is 9.75. The molecule has 0 amide bonds. The SMILES string of the molecule is CC[C@@H]1COC(C)(C)O[C@@H]1C[C@@H](O[Si](C)(C)C(C)(C)C)[C@H](C)[C@H](OC)[C@@H](C)CO. The van der Waals surface area contributed by atoms with Gasteiger partial charge in [-0.05, 0) is 44.8 Å². The molecule has 0 saturated carbocycles. The zero-order valence-electron chi connectivity index (χ0n) is 20.9. The molecule has 0 bridgehead atoms. The Morgan fingerprint density at radius 3 is 2.24 bits per heavy atom. The molecule has 0 aromatic heterocycles. The van der Waals surface area contributed by atoms with Crippen LogP contribution in [0.15, 0.2) is 0 Å². The average molecular weight is 433 g/mol. The van der Waals surface area contributed by atoms with Crippen LogP contribution in [-0.4, -0.2) is 57.8 Å². The molecule has 174 valence electrons. The lowest BCUT2D eigenvalue weighted by molar-refractivity contribution is -0.297. The molecule has 1 N–H and O–H groups in total. The molecule has 0 spiro atoms. The highest BCUT2D eigenvalue weighted by molar-refractivity contribution is 6.74. The van der Waals surface area contributed by atoms with Crippen molar-refractivity contribution in [3.8, 4) is 0 Å². The third kappa shape index (κ3) is 7.29. The number of methoxy groups -OCH3 is 1. The zero-order valence-corrected chi connectivity index (χ0v) is 21.9. The first-order valence-corrected chi connectivity index (χ1v) is 14.2. The van der Waals surface area contributed by atoms with E-state index < -0.39 is 14.1 Å². The van der Waals surface area contributed by atoms with E-state index in [4.69, 9.17) is 18.6 Å². The van der Waals surface area contributed by atoms with Gasteiger partial charge < -0.3 is 23.7 Å². The largest absolute Gasteiger partial charge is 0.413 e. The van der Waals surface area contributed by atoms with E-state index in [1.807, 2.05) is 20.8 Å². The van der Waals surface area contributed by atoms with Gasteiger partial charge in [-0.3, -0.25) is 0 Å². The monoisotopic (exact) mass is 432 g/mol. The van der Waals surface area contributed by atoms with Crippen LogP contribution in [0.1, 0.15) is 68.2 Å². The highest BCUT2D eigenvalue weighted by Gasteiger charge is 2.44. The van der Waals surface area contributed by atoms with Crippen molar-refractivity contribution in [1.82, 2.24) is 0 Å². The Morgan fingerprint density at radius 2 is 1.79 bits per heavy atom. The molecule has 0 radical (unpaired) electrons. The van der Waals surface area contributed by atoms with Crippen molar-refractivity contribution >= 4 is 8.32 Å². The highest BCUT2D eigenvalue weighted by Crippen LogP contribution is 2.41. The summed E-state index contributed by atoms with van der Waals surface area (Å²) in [5.41, 5.74) is 0. The van der Waals surface area contributed by atoms with Gasteiger partial charge in [0.05, 0.1) is 24.9 Å². The van der Waals surface area contributed by atoms with Gasteiger partial charge in [0, 0.05) is 31.5 Å². The summed E-state index contributed by atoms with van der Waals surface area (Å²) in [4.78, 5) is 0. The van der Waals surface area contributed by atoms with Gasteiger partial charge in [-0.25, -0.2) is 0 Å². The lowest BCUT2D eigenvalue weighted by Crippen LogP contribution is -2.52. The van der Waals surface area contributed by atoms with Crippen LogP contribution < -0.4 is 0 Å². The molecule has 29 heavy (non-hydrogen) atoms. The number of hydrogen-bond acceptors (Lipinski definition) is 5. The molecule has 1 aliphatic heterocycles. The Hall–Kier alpha value is 0.0169. The number of aliphatic hydroxyl groups is 1. The fourth-order valence-electron chi connectivity index (χ4n) is 3.97. The van der Waals surface area contributed by atoms with E-state index in [1.54, 1.807) is 7.11 Å². The van der Waals surface area contributed by atoms with E-state index in [9.17, 15) is 5.11 Å². The van der Waals surface area contributed by atoms with E-state index in [1.165, 1.54) is 0 Å². The van der Waals surface area contributed by atoms with Crippen LogP contribution in [-0.2, 0) is 18.6 Å². The first kappa shape index (κ1) is 27.1. The maximum atomic E-state index is 9.75. The van der Waals surface area contributed by atoms with Crippen LogP contribution >= 0.6 is 0 Å². The summed E-state index contributed by atoms with van der Waals surface area (Å²) < 4.78 is 25.1. The van der Waals surface area contributed by atoms with Gasteiger partial charge in [-0.15, -0.1) is 0 Å². The molecule has 6 atom stereocenters. The second-order valence-electron chi connectivity index (χ2n) is 10.9. The molecule has 0 aromatic carbocycles. The predicted octanol–water partition coefficient (Wildman–Crippen LogP) is 5.22. The summed E-state index contributed by atoms with van der Waals surface area (Å²) >= 11 is 0. The molecule has 0 aromatic rings. The van der Waals surface area contributed by atoms with Crippen LogP contribution in [0.3, 0.4) is 0 Å². The van der Waals surface area contributed by atoms with Crippen LogP contribution in [0.5, 0.6) is 0 Å². The summed E-state index contributed by atoms with van der Waals surface area (Å²) in [7, 11) is -0.256. The molecule has 1 heterocycles. The summed E-state index contributed by atoms with van der Waals surface area (Å²) in [5.74, 6) is -0.0185. The van der Waals surface area contributed by atoms with E-state index in [2.05, 4.69) is 47.7 Å². The molecule has 1 saturated heterocycles. The van der Waals surface area contributed by atoms with Gasteiger partial charge in [0.25, 0.3) is 0 Å². The molecule has 6 heteroatoms. The van der Waals surface area contributed by atoms with Gasteiger partial charge in [0.15, 0.2) is 14.1 Å². The minimum absolute atomic E-state index is 0.00258. The fourth-order valence-corrected chi connectivity index (χ4v) is 5.39. The van der Waals surface area contributed by atoms with Crippen molar-refractivity contribution in [3.63, 3.8) is 0 Å². The van der Waals surface area contributed by atoms with Crippen molar-refractivity contribution in [1.29, 1.82) is 0 Å². The quantitative estimate of drug-likeness (QED) is 0.479. The Bertz CT molecular complexity index is 488. The Kier molecular flexibility index (Phi) is 9.85. The first-order valence-electron chi connectivity index (χ1n) is 11.3. The van der Waals surface area contributed by atoms with Crippen molar-refractivity contribution in [3.05, 3.63) is 0 Å². The van der Waals surface area contributed by atoms with Gasteiger partial charge in [-0.1, -0.05) is 41.5 Å². The van der Waals surface area contributed by atoms with Crippen LogP contribution in [0, 0.1) is 17.8 Å². The number of aliphatic hydroxyl groups excluding tert-OH is 1. The van der Waals surface area contributed by atoms with Crippen molar-refractivity contribution in [2.24, 2.45) is 17.8 Å². The van der Waals surface area contributed by atoms with E-state index in [0.29, 0.717) is 5.92 Å². The zero-order chi connectivity index (χ0) is 22.6. The van der Waals surface area contributed by atoms with E-state index >= 15 is 0 Å². The second-order valence-corrected chi connectivity index (χ2v) is 15.7. The lowest BCUT2D eigenvalue weighted by Gasteiger charge is -2.46. The normalized spacial score (nSPS) is 27.3. The smallest absolute Gasteiger partial charge is 0.192 e. The molecular formula is C23H48O5Si. The standard InChI is InChI=1S/C23H48O5Si/c1-12-18-15-26-23(7,8)27-20(18)13-19(28-29(10,11)22(4,5)6)17(3)21(25-9)16(2)14-24/h16-21,24H,12-15H2,1-11H3/t16-,17-,18+,19+,20+,21+/m0/s1.